The Morgan fingerprint density at radius 3 is 2.29 bits per heavy atom. The van der Waals surface area contributed by atoms with Crippen molar-refractivity contribution in [2.75, 3.05) is 11.9 Å². The van der Waals surface area contributed by atoms with Crippen LogP contribution in [0.3, 0.4) is 0 Å². The number of carbonyl (C=O) groups excluding carboxylic acids is 1. The number of nitrogens with zero attached hydrogens (tertiary/aromatic N) is 1. The molecule has 1 aliphatic rings. The number of nitriles is 1. The van der Waals surface area contributed by atoms with Crippen molar-refractivity contribution < 1.29 is 9.53 Å². The van der Waals surface area contributed by atoms with Gasteiger partial charge in [-0.25, -0.2) is 0 Å². The lowest BCUT2D eigenvalue weighted by atomic mass is 9.87. The Morgan fingerprint density at radius 2 is 1.71 bits per heavy atom. The number of amides is 1. The van der Waals surface area contributed by atoms with Crippen LogP contribution in [0.2, 0.25) is 8.67 Å². The zero-order valence-electron chi connectivity index (χ0n) is 15.7. The molecule has 9 heteroatoms. The van der Waals surface area contributed by atoms with Crippen LogP contribution in [-0.2, 0) is 15.1 Å². The zero-order chi connectivity index (χ0) is 21.6. The normalized spacial score (nSPS) is 15.1. The van der Waals surface area contributed by atoms with E-state index in [1.807, 2.05) is 48.5 Å². The number of halogens is 2. The summed E-state index contributed by atoms with van der Waals surface area (Å²) in [5.74, 6) is -0.243. The van der Waals surface area contributed by atoms with Gasteiger partial charge in [0.05, 0.1) is 8.67 Å². The van der Waals surface area contributed by atoms with Gasteiger partial charge in [-0.3, -0.25) is 4.79 Å². The van der Waals surface area contributed by atoms with Gasteiger partial charge >= 0.3 is 0 Å². The second kappa shape index (κ2) is 7.83. The minimum atomic E-state index is -1.06. The number of H-pyrrole nitrogens is 1. The van der Waals surface area contributed by atoms with E-state index >= 15 is 0 Å². The number of benzene rings is 1. The van der Waals surface area contributed by atoms with E-state index in [0.717, 1.165) is 26.6 Å². The third-order valence-corrected chi connectivity index (χ3v) is 7.71. The topological polar surface area (TPSA) is 77.9 Å². The molecule has 0 fully saturated rings. The number of anilines is 1. The highest BCUT2D eigenvalue weighted by molar-refractivity contribution is 7.18. The molecular weight excluding hydrogens is 473 g/mol. The van der Waals surface area contributed by atoms with Crippen molar-refractivity contribution in [1.29, 1.82) is 5.26 Å². The summed E-state index contributed by atoms with van der Waals surface area (Å²) in [5.41, 5.74) is 2.46. The van der Waals surface area contributed by atoms with Crippen molar-refractivity contribution in [3.63, 3.8) is 0 Å². The van der Waals surface area contributed by atoms with Crippen molar-refractivity contribution in [2.45, 2.75) is 5.60 Å². The van der Waals surface area contributed by atoms with Crippen LogP contribution in [-0.4, -0.2) is 17.5 Å². The van der Waals surface area contributed by atoms with Crippen LogP contribution in [0, 0.1) is 11.3 Å². The minimum Gasteiger partial charge on any atom is -0.349 e. The SMILES string of the molecule is N#Cc1ccc(-c2ccc3c(c2)C(c2ccc(Cl)s2)(c2ccc(Cl)s2)OCC(=O)N3)[nH]1. The fourth-order valence-corrected chi connectivity index (χ4v) is 6.21. The van der Waals surface area contributed by atoms with Crippen LogP contribution >= 0.6 is 45.9 Å². The van der Waals surface area contributed by atoms with E-state index < -0.39 is 5.60 Å². The summed E-state index contributed by atoms with van der Waals surface area (Å²) >= 11 is 15.4. The number of nitrogens with one attached hydrogen (secondary N) is 2. The molecule has 31 heavy (non-hydrogen) atoms. The van der Waals surface area contributed by atoms with Gasteiger partial charge in [0, 0.05) is 26.7 Å². The lowest BCUT2D eigenvalue weighted by Crippen LogP contribution is -2.31. The highest BCUT2D eigenvalue weighted by atomic mass is 35.5. The predicted octanol–water partition coefficient (Wildman–Crippen LogP) is 6.24. The van der Waals surface area contributed by atoms with Gasteiger partial charge in [0.15, 0.2) is 5.60 Å². The summed E-state index contributed by atoms with van der Waals surface area (Å²) in [6.45, 7) is -0.129. The number of fused-ring (bicyclic) bond motifs is 1. The largest absolute Gasteiger partial charge is 0.349 e. The van der Waals surface area contributed by atoms with E-state index in [0.29, 0.717) is 20.1 Å². The summed E-state index contributed by atoms with van der Waals surface area (Å²) in [6.07, 6.45) is 0. The summed E-state index contributed by atoms with van der Waals surface area (Å²) in [7, 11) is 0. The van der Waals surface area contributed by atoms with Gasteiger partial charge < -0.3 is 15.0 Å². The van der Waals surface area contributed by atoms with Gasteiger partial charge in [-0.1, -0.05) is 29.3 Å². The third kappa shape index (κ3) is 3.47. The molecule has 0 unspecified atom stereocenters. The number of aromatic amines is 1. The number of rotatable bonds is 3. The predicted molar refractivity (Wildman–Crippen MR) is 124 cm³/mol. The summed E-state index contributed by atoms with van der Waals surface area (Å²) < 4.78 is 7.61. The van der Waals surface area contributed by atoms with Gasteiger partial charge in [-0.2, -0.15) is 5.26 Å². The van der Waals surface area contributed by atoms with E-state index in [1.54, 1.807) is 6.07 Å². The zero-order valence-corrected chi connectivity index (χ0v) is 18.9. The Bertz CT molecular complexity index is 1310. The average molecular weight is 486 g/mol. The lowest BCUT2D eigenvalue weighted by molar-refractivity contribution is -0.123. The van der Waals surface area contributed by atoms with E-state index in [-0.39, 0.29) is 12.5 Å². The van der Waals surface area contributed by atoms with E-state index in [1.165, 1.54) is 22.7 Å². The maximum atomic E-state index is 12.5. The molecule has 5 rings (SSSR count). The van der Waals surface area contributed by atoms with Crippen LogP contribution in [0.4, 0.5) is 5.69 Å². The van der Waals surface area contributed by atoms with Crippen LogP contribution < -0.4 is 5.32 Å². The highest BCUT2D eigenvalue weighted by Crippen LogP contribution is 2.51. The van der Waals surface area contributed by atoms with E-state index in [4.69, 9.17) is 27.9 Å². The molecule has 0 aliphatic carbocycles. The molecule has 0 radical (unpaired) electrons. The first-order chi connectivity index (χ1) is 15.0. The number of hydrogen-bond acceptors (Lipinski definition) is 5. The first kappa shape index (κ1) is 20.3. The van der Waals surface area contributed by atoms with Gasteiger partial charge in [-0.05, 0) is 54.1 Å². The van der Waals surface area contributed by atoms with Crippen LogP contribution in [0.1, 0.15) is 21.0 Å². The third-order valence-electron chi connectivity index (χ3n) is 5.05. The Labute approximate surface area is 195 Å². The number of aromatic nitrogens is 1. The maximum Gasteiger partial charge on any atom is 0.250 e. The molecule has 0 saturated heterocycles. The molecule has 1 aromatic carbocycles. The highest BCUT2D eigenvalue weighted by Gasteiger charge is 2.44. The quantitative estimate of drug-likeness (QED) is 0.360. The molecule has 4 aromatic rings. The molecule has 0 atom stereocenters. The molecule has 2 N–H and O–H groups in total. The first-order valence-corrected chi connectivity index (χ1v) is 11.6. The Hall–Kier alpha value is -2.60. The summed E-state index contributed by atoms with van der Waals surface area (Å²) in [5, 5.41) is 12.1. The monoisotopic (exact) mass is 485 g/mol. The number of carbonyl (C=O) groups is 1. The molecule has 154 valence electrons. The fraction of sp³-hybridized carbons (Fsp3) is 0.0909. The van der Waals surface area contributed by atoms with Crippen LogP contribution in [0.15, 0.2) is 54.6 Å². The van der Waals surface area contributed by atoms with Gasteiger partial charge in [0.25, 0.3) is 0 Å². The van der Waals surface area contributed by atoms with Crippen molar-refractivity contribution >= 4 is 57.5 Å². The molecule has 3 aromatic heterocycles. The van der Waals surface area contributed by atoms with Gasteiger partial charge in [0.2, 0.25) is 5.91 Å². The molecule has 0 spiro atoms. The van der Waals surface area contributed by atoms with Gasteiger partial charge in [0.1, 0.15) is 18.4 Å². The van der Waals surface area contributed by atoms with Crippen LogP contribution in [0.5, 0.6) is 0 Å². The molecule has 1 amide bonds. The molecule has 0 bridgehead atoms. The maximum absolute atomic E-state index is 12.5. The smallest absolute Gasteiger partial charge is 0.250 e. The van der Waals surface area contributed by atoms with Crippen LogP contribution in [0.25, 0.3) is 11.3 Å². The van der Waals surface area contributed by atoms with E-state index in [9.17, 15) is 10.1 Å². The molecule has 0 saturated carbocycles. The second-order valence-electron chi connectivity index (χ2n) is 6.88. The number of thiophene rings is 2. The molecule has 4 heterocycles. The lowest BCUT2D eigenvalue weighted by Gasteiger charge is -2.32. The second-order valence-corrected chi connectivity index (χ2v) is 10.3. The Morgan fingerprint density at radius 1 is 1.00 bits per heavy atom. The van der Waals surface area contributed by atoms with Crippen molar-refractivity contribution in [2.24, 2.45) is 0 Å². The molecule has 1 aliphatic heterocycles. The van der Waals surface area contributed by atoms with Gasteiger partial charge in [-0.15, -0.1) is 22.7 Å². The number of ether oxygens (including phenoxy) is 1. The summed E-state index contributed by atoms with van der Waals surface area (Å²) in [6, 6.07) is 18.8. The Balaban J connectivity index is 1.80. The standard InChI is InChI=1S/C22H13Cl2N3O2S2/c23-19-7-5-17(30-19)22(18-6-8-20(24)31-18)14-9-12(15-4-2-13(10-25)26-15)1-3-16(14)27-21(28)11-29-22/h1-9,26H,11H2,(H,27,28). The summed E-state index contributed by atoms with van der Waals surface area (Å²) in [4.78, 5) is 17.3. The van der Waals surface area contributed by atoms with Crippen molar-refractivity contribution in [3.05, 3.63) is 84.3 Å². The molecule has 5 nitrogen and oxygen atoms in total. The first-order valence-electron chi connectivity index (χ1n) is 9.19. The van der Waals surface area contributed by atoms with E-state index in [2.05, 4.69) is 16.4 Å². The minimum absolute atomic E-state index is 0.129. The van der Waals surface area contributed by atoms with Crippen molar-refractivity contribution in [3.8, 4) is 17.3 Å². The fourth-order valence-electron chi connectivity index (χ4n) is 3.71. The van der Waals surface area contributed by atoms with Crippen molar-refractivity contribution in [1.82, 2.24) is 4.98 Å². The Kier molecular flexibility index (Phi) is 5.13. The average Bonchev–Trinajstić information content (AvgIpc) is 3.49. The molecular formula is C22H13Cl2N3O2S2. The number of hydrogen-bond donors (Lipinski definition) is 2.